The minimum Gasteiger partial charge on any atom is -0.379 e. The Kier molecular flexibility index (Phi) is 27.1. The number of nitrogens with one attached hydrogen (secondary N) is 1. The van der Waals surface area contributed by atoms with Crippen LogP contribution in [0.4, 0.5) is 0 Å². The second-order valence-corrected chi connectivity index (χ2v) is 14.7. The molecule has 278 valence electrons. The van der Waals surface area contributed by atoms with Crippen molar-refractivity contribution in [1.82, 2.24) is 5.32 Å². The fourth-order valence-electron chi connectivity index (χ4n) is 4.45. The largest absolute Gasteiger partial charge is 0.379 e. The maximum absolute atomic E-state index is 6.14. The van der Waals surface area contributed by atoms with Gasteiger partial charge in [0, 0.05) is 18.7 Å². The van der Waals surface area contributed by atoms with Crippen LogP contribution in [-0.2, 0) is 47.4 Å². The Hall–Kier alpha value is -0.440. The highest BCUT2D eigenvalue weighted by molar-refractivity contribution is 4.80. The van der Waals surface area contributed by atoms with Crippen LogP contribution in [0.2, 0.25) is 0 Å². The monoisotopic (exact) mass is 668 g/mol. The second-order valence-electron chi connectivity index (χ2n) is 14.7. The van der Waals surface area contributed by atoms with Gasteiger partial charge in [0.1, 0.15) is 0 Å². The first-order valence-electron chi connectivity index (χ1n) is 17.3. The zero-order valence-electron chi connectivity index (χ0n) is 31.4. The van der Waals surface area contributed by atoms with E-state index in [1.165, 1.54) is 0 Å². The highest BCUT2D eigenvalue weighted by atomic mass is 16.6. The number of hydrogen-bond donors (Lipinski definition) is 1. The summed E-state index contributed by atoms with van der Waals surface area (Å²) in [6.45, 7) is 32.5. The number of ether oxygens (including phenoxy) is 10. The highest BCUT2D eigenvalue weighted by Crippen LogP contribution is 2.33. The lowest BCUT2D eigenvalue weighted by Gasteiger charge is -2.35. The second kappa shape index (κ2) is 27.4. The van der Waals surface area contributed by atoms with E-state index in [0.29, 0.717) is 119 Å². The molecule has 0 saturated heterocycles. The van der Waals surface area contributed by atoms with Crippen LogP contribution in [0, 0.1) is 5.41 Å². The van der Waals surface area contributed by atoms with E-state index in [1.807, 2.05) is 20.8 Å². The average Bonchev–Trinajstić information content (AvgIpc) is 2.93. The van der Waals surface area contributed by atoms with E-state index in [1.54, 1.807) is 0 Å². The molecular formula is C35H73NO10. The lowest BCUT2D eigenvalue weighted by atomic mass is 9.79. The standard InChI is InChI=1S/C35H73NO10/c1-32(2,3)36-12-14-38-16-18-40-20-19-39-17-15-37-13-11-34(7,8)31-35(9,10)46-30-28-44-26-24-42-22-21-41-23-25-43-27-29-45-33(4,5)6/h36H,11-31H2,1-10H3. The highest BCUT2D eigenvalue weighted by Gasteiger charge is 2.29. The van der Waals surface area contributed by atoms with Gasteiger partial charge in [-0.05, 0) is 73.6 Å². The molecule has 0 saturated carbocycles. The Balaban J connectivity index is 3.54. The van der Waals surface area contributed by atoms with Gasteiger partial charge in [0.15, 0.2) is 0 Å². The normalized spacial score (nSPS) is 13.2. The van der Waals surface area contributed by atoms with Gasteiger partial charge >= 0.3 is 0 Å². The zero-order chi connectivity index (χ0) is 34.6. The van der Waals surface area contributed by atoms with Crippen molar-refractivity contribution in [3.05, 3.63) is 0 Å². The smallest absolute Gasteiger partial charge is 0.0707 e. The van der Waals surface area contributed by atoms with Crippen LogP contribution in [-0.4, -0.2) is 142 Å². The predicted octanol–water partition coefficient (Wildman–Crippen LogP) is 4.92. The molecule has 0 aromatic rings. The summed E-state index contributed by atoms with van der Waals surface area (Å²) in [6.07, 6.45) is 1.87. The quantitative estimate of drug-likeness (QED) is 0.0965. The third kappa shape index (κ3) is 36.4. The van der Waals surface area contributed by atoms with Gasteiger partial charge in [-0.1, -0.05) is 13.8 Å². The first-order valence-corrected chi connectivity index (χ1v) is 17.3. The van der Waals surface area contributed by atoms with E-state index < -0.39 is 0 Å². The van der Waals surface area contributed by atoms with Crippen molar-refractivity contribution < 1.29 is 47.4 Å². The summed E-state index contributed by atoms with van der Waals surface area (Å²) in [6, 6.07) is 0. The topological polar surface area (TPSA) is 104 Å². The molecule has 0 atom stereocenters. The van der Waals surface area contributed by atoms with Crippen molar-refractivity contribution in [3.63, 3.8) is 0 Å². The Morgan fingerprint density at radius 3 is 1.07 bits per heavy atom. The molecule has 11 nitrogen and oxygen atoms in total. The average molecular weight is 668 g/mol. The molecule has 0 aromatic carbocycles. The Morgan fingerprint density at radius 1 is 0.370 bits per heavy atom. The Labute approximate surface area is 282 Å². The molecule has 0 rings (SSSR count). The number of rotatable bonds is 33. The van der Waals surface area contributed by atoms with E-state index in [9.17, 15) is 0 Å². The van der Waals surface area contributed by atoms with Crippen LogP contribution < -0.4 is 5.32 Å². The van der Waals surface area contributed by atoms with E-state index in [4.69, 9.17) is 47.4 Å². The minimum absolute atomic E-state index is 0.0899. The molecule has 0 radical (unpaired) electrons. The molecule has 0 spiro atoms. The van der Waals surface area contributed by atoms with Gasteiger partial charge in [0.05, 0.1) is 124 Å². The summed E-state index contributed by atoms with van der Waals surface area (Å²) >= 11 is 0. The number of hydrogen-bond acceptors (Lipinski definition) is 11. The van der Waals surface area contributed by atoms with E-state index in [0.717, 1.165) is 19.4 Å². The van der Waals surface area contributed by atoms with Crippen molar-refractivity contribution >= 4 is 0 Å². The van der Waals surface area contributed by atoms with E-state index in [-0.39, 0.29) is 22.2 Å². The van der Waals surface area contributed by atoms with Crippen molar-refractivity contribution in [1.29, 1.82) is 0 Å². The van der Waals surface area contributed by atoms with E-state index >= 15 is 0 Å². The summed E-state index contributed by atoms with van der Waals surface area (Å²) in [5.41, 5.74) is -0.171. The van der Waals surface area contributed by atoms with Crippen LogP contribution >= 0.6 is 0 Å². The molecule has 0 aliphatic rings. The Bertz CT molecular complexity index is 665. The molecule has 0 fully saturated rings. The molecule has 0 amide bonds. The SMILES string of the molecule is CC(C)(CCOCCOCCOCCOCCNC(C)(C)C)CC(C)(C)OCCOCCOCCOCCOCCOC(C)(C)C. The summed E-state index contributed by atoms with van der Waals surface area (Å²) in [7, 11) is 0. The Morgan fingerprint density at radius 2 is 0.696 bits per heavy atom. The van der Waals surface area contributed by atoms with Crippen molar-refractivity contribution in [2.75, 3.05) is 125 Å². The van der Waals surface area contributed by atoms with Crippen molar-refractivity contribution in [2.24, 2.45) is 5.41 Å². The lowest BCUT2D eigenvalue weighted by Crippen LogP contribution is -2.38. The molecule has 0 aliphatic heterocycles. The van der Waals surface area contributed by atoms with E-state index in [2.05, 4.69) is 53.8 Å². The maximum atomic E-state index is 6.14. The summed E-state index contributed by atoms with van der Waals surface area (Å²) in [5.74, 6) is 0. The first-order chi connectivity index (χ1) is 21.6. The molecule has 0 aromatic heterocycles. The van der Waals surface area contributed by atoms with Gasteiger partial charge < -0.3 is 52.7 Å². The van der Waals surface area contributed by atoms with Gasteiger partial charge in [-0.2, -0.15) is 0 Å². The summed E-state index contributed by atoms with van der Waals surface area (Å²) in [4.78, 5) is 0. The van der Waals surface area contributed by atoms with Crippen LogP contribution in [0.1, 0.15) is 82.1 Å². The van der Waals surface area contributed by atoms with Gasteiger partial charge in [0.2, 0.25) is 0 Å². The molecule has 0 heterocycles. The fourth-order valence-corrected chi connectivity index (χ4v) is 4.45. The van der Waals surface area contributed by atoms with Crippen LogP contribution in [0.5, 0.6) is 0 Å². The molecule has 46 heavy (non-hydrogen) atoms. The van der Waals surface area contributed by atoms with Crippen LogP contribution in [0.25, 0.3) is 0 Å². The van der Waals surface area contributed by atoms with Crippen molar-refractivity contribution in [3.8, 4) is 0 Å². The van der Waals surface area contributed by atoms with Crippen molar-refractivity contribution in [2.45, 2.75) is 98.8 Å². The molecule has 0 bridgehead atoms. The van der Waals surface area contributed by atoms with Crippen LogP contribution in [0.3, 0.4) is 0 Å². The molecular weight excluding hydrogens is 594 g/mol. The van der Waals surface area contributed by atoms with Gasteiger partial charge in [0.25, 0.3) is 0 Å². The fraction of sp³-hybridized carbons (Fsp3) is 1.00. The molecule has 11 heteroatoms. The van der Waals surface area contributed by atoms with Gasteiger partial charge in [-0.3, -0.25) is 0 Å². The first kappa shape index (κ1) is 45.6. The molecule has 1 N–H and O–H groups in total. The molecule has 0 aliphatic carbocycles. The maximum Gasteiger partial charge on any atom is 0.0707 e. The van der Waals surface area contributed by atoms with Gasteiger partial charge in [-0.15, -0.1) is 0 Å². The van der Waals surface area contributed by atoms with Gasteiger partial charge in [-0.25, -0.2) is 0 Å². The zero-order valence-corrected chi connectivity index (χ0v) is 31.4. The summed E-state index contributed by atoms with van der Waals surface area (Å²) < 4.78 is 56.4. The molecule has 0 unspecified atom stereocenters. The third-order valence-electron chi connectivity index (χ3n) is 6.44. The summed E-state index contributed by atoms with van der Waals surface area (Å²) in [5, 5.41) is 3.39. The van der Waals surface area contributed by atoms with Crippen LogP contribution in [0.15, 0.2) is 0 Å². The predicted molar refractivity (Wildman–Crippen MR) is 183 cm³/mol. The minimum atomic E-state index is -0.249. The third-order valence-corrected chi connectivity index (χ3v) is 6.44. The lowest BCUT2D eigenvalue weighted by molar-refractivity contribution is -0.0757.